The maximum atomic E-state index is 11.8. The Hall–Kier alpha value is 0.836. The SMILES string of the molecule is CCCCC(CC)COP(=O)([O-])OCC(CC)CCCC.CCCCC(CC)COP(=O)([O-])OCC(CC)CCCC.CCCCC(CC)COP(=O)([O-])OCC(CC)CCCC.[Co+3]. The molecule has 0 aliphatic rings. The Balaban J connectivity index is -0.000000419. The van der Waals surface area contributed by atoms with Crippen molar-refractivity contribution in [3.8, 4) is 0 Å². The summed E-state index contributed by atoms with van der Waals surface area (Å²) < 4.78 is 65.7. The molecule has 0 N–H and O–H groups in total. The number of rotatable bonds is 42. The first kappa shape index (κ1) is 71.4. The minimum Gasteiger partial charge on any atom is -0.756 e. The molecule has 0 fully saturated rings. The van der Waals surface area contributed by atoms with Crippen molar-refractivity contribution in [2.75, 3.05) is 39.6 Å². The van der Waals surface area contributed by atoms with Crippen LogP contribution in [0.2, 0.25) is 0 Å². The van der Waals surface area contributed by atoms with Gasteiger partial charge in [-0.25, -0.2) is 0 Å². The van der Waals surface area contributed by atoms with E-state index in [-0.39, 0.29) is 56.4 Å². The van der Waals surface area contributed by atoms with Crippen molar-refractivity contribution in [3.63, 3.8) is 0 Å². The molecule has 0 spiro atoms. The van der Waals surface area contributed by atoms with Gasteiger partial charge in [0.05, 0.1) is 39.6 Å². The van der Waals surface area contributed by atoms with Gasteiger partial charge in [-0.2, -0.15) is 0 Å². The number of hydrogen-bond acceptors (Lipinski definition) is 12. The van der Waals surface area contributed by atoms with E-state index in [0.717, 1.165) is 154 Å². The molecule has 6 atom stereocenters. The van der Waals surface area contributed by atoms with E-state index in [4.69, 9.17) is 27.1 Å². The molecule has 0 rings (SSSR count). The predicted molar refractivity (Wildman–Crippen MR) is 258 cm³/mol. The van der Waals surface area contributed by atoms with Gasteiger partial charge < -0.3 is 41.8 Å². The van der Waals surface area contributed by atoms with Crippen molar-refractivity contribution in [1.29, 1.82) is 0 Å². The molecule has 16 heteroatoms. The van der Waals surface area contributed by atoms with Gasteiger partial charge in [0.25, 0.3) is 23.5 Å². The maximum Gasteiger partial charge on any atom is 3.00 e. The zero-order valence-corrected chi connectivity index (χ0v) is 47.0. The van der Waals surface area contributed by atoms with Gasteiger partial charge in [-0.05, 0) is 74.0 Å². The second-order valence-corrected chi connectivity index (χ2v) is 21.8. The molecule has 0 aromatic carbocycles. The molecular weight excluding hydrogens is 920 g/mol. The van der Waals surface area contributed by atoms with Gasteiger partial charge in [-0.3, -0.25) is 13.7 Å². The summed E-state index contributed by atoms with van der Waals surface area (Å²) in [5.74, 6) is 1.82. The third-order valence-corrected chi connectivity index (χ3v) is 14.9. The second kappa shape index (κ2) is 47.5. The van der Waals surface area contributed by atoms with E-state index in [1.54, 1.807) is 0 Å². The van der Waals surface area contributed by atoms with Crippen LogP contribution in [0.4, 0.5) is 0 Å². The largest absolute Gasteiger partial charge is 3.00 e. The van der Waals surface area contributed by atoms with Crippen LogP contribution in [0, 0.1) is 35.5 Å². The van der Waals surface area contributed by atoms with Crippen LogP contribution in [0.15, 0.2) is 0 Å². The van der Waals surface area contributed by atoms with Crippen molar-refractivity contribution in [3.05, 3.63) is 0 Å². The first-order valence-electron chi connectivity index (χ1n) is 25.8. The molecule has 12 nitrogen and oxygen atoms in total. The van der Waals surface area contributed by atoms with Crippen LogP contribution < -0.4 is 14.7 Å². The van der Waals surface area contributed by atoms with Crippen LogP contribution in [-0.4, -0.2) is 39.6 Å². The Kier molecular flexibility index (Phi) is 53.0. The fourth-order valence-electron chi connectivity index (χ4n) is 6.68. The third-order valence-electron chi connectivity index (χ3n) is 12.1. The smallest absolute Gasteiger partial charge is 0.756 e. The number of phosphoric ester groups is 3. The summed E-state index contributed by atoms with van der Waals surface area (Å²) in [5.41, 5.74) is 0. The first-order chi connectivity index (χ1) is 30.0. The summed E-state index contributed by atoms with van der Waals surface area (Å²) in [6, 6.07) is 0. The van der Waals surface area contributed by atoms with Crippen molar-refractivity contribution in [2.45, 2.75) is 237 Å². The maximum absolute atomic E-state index is 11.8. The van der Waals surface area contributed by atoms with E-state index >= 15 is 0 Å². The number of phosphoric acid groups is 3. The molecule has 0 saturated carbocycles. The molecule has 64 heavy (non-hydrogen) atoms. The molecule has 0 amide bonds. The Labute approximate surface area is 406 Å². The average molecular weight is 1020 g/mol. The molecular formula is C48H102CoO12P3. The van der Waals surface area contributed by atoms with Crippen LogP contribution in [0.5, 0.6) is 0 Å². The molecule has 0 radical (unpaired) electrons. The van der Waals surface area contributed by atoms with Gasteiger partial charge in [0.15, 0.2) is 0 Å². The van der Waals surface area contributed by atoms with Gasteiger partial charge in [0.2, 0.25) is 0 Å². The molecule has 0 aliphatic carbocycles. The van der Waals surface area contributed by atoms with Crippen molar-refractivity contribution in [1.82, 2.24) is 0 Å². The summed E-state index contributed by atoms with van der Waals surface area (Å²) in [5, 5.41) is 0. The number of unbranched alkanes of at least 4 members (excludes halogenated alkanes) is 6. The molecule has 0 heterocycles. The molecule has 0 aromatic rings. The molecule has 0 bridgehead atoms. The van der Waals surface area contributed by atoms with Crippen LogP contribution in [0.25, 0.3) is 0 Å². The zero-order valence-electron chi connectivity index (χ0n) is 43.3. The van der Waals surface area contributed by atoms with Crippen molar-refractivity contribution < 1.29 is 72.3 Å². The van der Waals surface area contributed by atoms with E-state index in [2.05, 4.69) is 83.1 Å². The Morgan fingerprint density at radius 2 is 0.422 bits per heavy atom. The van der Waals surface area contributed by atoms with E-state index in [1.807, 2.05) is 0 Å². The summed E-state index contributed by atoms with van der Waals surface area (Å²) in [7, 11) is -12.4. The molecule has 0 aromatic heterocycles. The van der Waals surface area contributed by atoms with Crippen LogP contribution in [0.3, 0.4) is 0 Å². The summed E-state index contributed by atoms with van der Waals surface area (Å²) in [6.07, 6.45) is 25.1. The van der Waals surface area contributed by atoms with Crippen LogP contribution in [0.1, 0.15) is 237 Å². The van der Waals surface area contributed by atoms with Gasteiger partial charge in [-0.15, -0.1) is 0 Å². The first-order valence-corrected chi connectivity index (χ1v) is 30.1. The van der Waals surface area contributed by atoms with Crippen molar-refractivity contribution in [2.24, 2.45) is 35.5 Å². The summed E-state index contributed by atoms with van der Waals surface area (Å²) >= 11 is 0. The quantitative estimate of drug-likeness (QED) is 0.0530. The summed E-state index contributed by atoms with van der Waals surface area (Å²) in [6.45, 7) is 26.7. The number of hydrogen-bond donors (Lipinski definition) is 0. The minimum absolute atomic E-state index is 0. The Morgan fingerprint density at radius 1 is 0.297 bits per heavy atom. The summed E-state index contributed by atoms with van der Waals surface area (Å²) in [4.78, 5) is 35.4. The molecule has 0 saturated heterocycles. The topological polar surface area (TPSA) is 176 Å². The van der Waals surface area contributed by atoms with Crippen LogP contribution >= 0.6 is 23.5 Å². The third kappa shape index (κ3) is 45.3. The monoisotopic (exact) mass is 1020 g/mol. The molecule has 6 unspecified atom stereocenters. The Morgan fingerprint density at radius 3 is 0.516 bits per heavy atom. The van der Waals surface area contributed by atoms with Gasteiger partial charge >= 0.3 is 16.8 Å². The standard InChI is InChI=1S/3C16H35O4P.Co/c3*1-5-9-11-15(7-3)13-19-21(17,18)20-14-16(8-4)12-10-6-2;/h3*15-16H,5-14H2,1-4H3,(H,17,18);/q;;;+3/p-3. The van der Waals surface area contributed by atoms with Gasteiger partial charge in [0, 0.05) is 0 Å². The fraction of sp³-hybridized carbons (Fsp3) is 1.00. The van der Waals surface area contributed by atoms with Gasteiger partial charge in [-0.1, -0.05) is 199 Å². The van der Waals surface area contributed by atoms with E-state index in [1.165, 1.54) is 0 Å². The van der Waals surface area contributed by atoms with E-state index in [0.29, 0.717) is 35.5 Å². The normalized spacial score (nSPS) is 17.1. The second-order valence-electron chi connectivity index (χ2n) is 17.6. The van der Waals surface area contributed by atoms with Crippen LogP contribution in [-0.2, 0) is 57.6 Å². The molecule has 0 aliphatic heterocycles. The molecule has 390 valence electrons. The van der Waals surface area contributed by atoms with Crippen molar-refractivity contribution >= 4 is 23.5 Å². The predicted octanol–water partition coefficient (Wildman–Crippen LogP) is 14.8. The Bertz CT molecular complexity index is 919. The minimum atomic E-state index is -4.14. The fourth-order valence-corrected chi connectivity index (χ4v) is 9.26. The zero-order chi connectivity index (χ0) is 48.4. The average Bonchev–Trinajstić information content (AvgIpc) is 3.27. The van der Waals surface area contributed by atoms with E-state index < -0.39 is 23.5 Å². The van der Waals surface area contributed by atoms with Gasteiger partial charge in [0.1, 0.15) is 0 Å². The van der Waals surface area contributed by atoms with E-state index in [9.17, 15) is 28.4 Å².